The first-order valence-electron chi connectivity index (χ1n) is 11.2. The SMILES string of the molecule is O=C(c1cc(S(=O)(=O)Nc2ccccc2)c2ccccc2c1O)N(c1ccccc1)c1ccccc1. The van der Waals surface area contributed by atoms with Crippen LogP contribution >= 0.6 is 0 Å². The first-order valence-corrected chi connectivity index (χ1v) is 12.7. The molecule has 178 valence electrons. The van der Waals surface area contributed by atoms with Crippen molar-refractivity contribution in [1.29, 1.82) is 0 Å². The van der Waals surface area contributed by atoms with Gasteiger partial charge >= 0.3 is 0 Å². The summed E-state index contributed by atoms with van der Waals surface area (Å²) in [6.07, 6.45) is 0. The molecule has 0 heterocycles. The van der Waals surface area contributed by atoms with Crippen molar-refractivity contribution < 1.29 is 18.3 Å². The second-order valence-corrected chi connectivity index (χ2v) is 9.75. The van der Waals surface area contributed by atoms with Gasteiger partial charge in [-0.15, -0.1) is 0 Å². The number of carbonyl (C=O) groups excluding carboxylic acids is 1. The number of hydrogen-bond acceptors (Lipinski definition) is 4. The summed E-state index contributed by atoms with van der Waals surface area (Å²) in [5, 5.41) is 11.7. The van der Waals surface area contributed by atoms with Crippen LogP contribution in [0.3, 0.4) is 0 Å². The zero-order chi connectivity index (χ0) is 25.1. The van der Waals surface area contributed by atoms with Crippen LogP contribution in [-0.2, 0) is 10.0 Å². The number of carbonyl (C=O) groups is 1. The Morgan fingerprint density at radius 1 is 0.667 bits per heavy atom. The predicted molar refractivity (Wildman–Crippen MR) is 142 cm³/mol. The number of phenols is 1. The number of rotatable bonds is 6. The summed E-state index contributed by atoms with van der Waals surface area (Å²) in [6, 6.07) is 34.3. The van der Waals surface area contributed by atoms with Gasteiger partial charge in [0.15, 0.2) is 0 Å². The van der Waals surface area contributed by atoms with Crippen LogP contribution in [0.2, 0.25) is 0 Å². The van der Waals surface area contributed by atoms with Crippen molar-refractivity contribution in [3.8, 4) is 5.75 Å². The molecule has 0 saturated carbocycles. The Kier molecular flexibility index (Phi) is 6.14. The zero-order valence-electron chi connectivity index (χ0n) is 19.1. The van der Waals surface area contributed by atoms with Crippen LogP contribution < -0.4 is 9.62 Å². The Morgan fingerprint density at radius 2 is 1.14 bits per heavy atom. The van der Waals surface area contributed by atoms with E-state index >= 15 is 0 Å². The van der Waals surface area contributed by atoms with E-state index in [1.165, 1.54) is 11.0 Å². The maximum atomic E-state index is 14.0. The molecule has 0 aliphatic carbocycles. The zero-order valence-corrected chi connectivity index (χ0v) is 19.9. The highest BCUT2D eigenvalue weighted by Gasteiger charge is 2.28. The standard InChI is InChI=1S/C29H22N2O4S/c32-28-25-19-11-10-18-24(25)27(36(34,35)30-21-12-4-1-5-13-21)20-26(28)29(33)31(22-14-6-2-7-15-22)23-16-8-3-9-17-23/h1-20,30,32H. The van der Waals surface area contributed by atoms with Crippen LogP contribution in [0.5, 0.6) is 5.75 Å². The number of hydrogen-bond donors (Lipinski definition) is 2. The topological polar surface area (TPSA) is 86.7 Å². The number of amides is 1. The molecular weight excluding hydrogens is 472 g/mol. The number of nitrogens with zero attached hydrogens (tertiary/aromatic N) is 1. The molecule has 1 amide bonds. The number of para-hydroxylation sites is 3. The van der Waals surface area contributed by atoms with Gasteiger partial charge in [0.1, 0.15) is 5.75 Å². The van der Waals surface area contributed by atoms with Crippen LogP contribution in [0.25, 0.3) is 10.8 Å². The summed E-state index contributed by atoms with van der Waals surface area (Å²) in [4.78, 5) is 15.3. The Bertz CT molecular complexity index is 1600. The summed E-state index contributed by atoms with van der Waals surface area (Å²) in [7, 11) is -4.10. The van der Waals surface area contributed by atoms with Gasteiger partial charge in [0.2, 0.25) is 0 Å². The largest absolute Gasteiger partial charge is 0.506 e. The Morgan fingerprint density at radius 3 is 1.69 bits per heavy atom. The average molecular weight is 495 g/mol. The maximum absolute atomic E-state index is 14.0. The summed E-state index contributed by atoms with van der Waals surface area (Å²) in [5.74, 6) is -0.849. The molecule has 5 rings (SSSR count). The number of benzene rings is 5. The number of anilines is 3. The third-order valence-corrected chi connectivity index (χ3v) is 7.18. The maximum Gasteiger partial charge on any atom is 0.266 e. The van der Waals surface area contributed by atoms with Gasteiger partial charge < -0.3 is 5.11 Å². The highest BCUT2D eigenvalue weighted by atomic mass is 32.2. The highest BCUT2D eigenvalue weighted by Crippen LogP contribution is 2.37. The summed E-state index contributed by atoms with van der Waals surface area (Å²) in [6.45, 7) is 0. The Hall–Kier alpha value is -4.62. The van der Waals surface area contributed by atoms with Gasteiger partial charge in [-0.1, -0.05) is 78.9 Å². The molecule has 7 heteroatoms. The van der Waals surface area contributed by atoms with E-state index in [1.807, 2.05) is 12.1 Å². The molecule has 0 bridgehead atoms. The molecule has 2 N–H and O–H groups in total. The van der Waals surface area contributed by atoms with Crippen molar-refractivity contribution in [2.75, 3.05) is 9.62 Å². The van der Waals surface area contributed by atoms with Gasteiger partial charge in [0, 0.05) is 27.8 Å². The van der Waals surface area contributed by atoms with Crippen LogP contribution in [0.15, 0.2) is 126 Å². The minimum Gasteiger partial charge on any atom is -0.506 e. The van der Waals surface area contributed by atoms with Crippen LogP contribution in [0.4, 0.5) is 17.1 Å². The molecule has 0 fully saturated rings. The summed E-state index contributed by atoms with van der Waals surface area (Å²) >= 11 is 0. The number of fused-ring (bicyclic) bond motifs is 1. The van der Waals surface area contributed by atoms with Crippen molar-refractivity contribution in [3.63, 3.8) is 0 Å². The van der Waals surface area contributed by atoms with Gasteiger partial charge in [-0.3, -0.25) is 14.4 Å². The van der Waals surface area contributed by atoms with E-state index in [-0.39, 0.29) is 21.6 Å². The molecule has 0 aromatic heterocycles. The first-order chi connectivity index (χ1) is 17.5. The molecule has 6 nitrogen and oxygen atoms in total. The Balaban J connectivity index is 1.70. The minimum absolute atomic E-state index is 0.107. The molecule has 5 aromatic carbocycles. The second kappa shape index (κ2) is 9.56. The van der Waals surface area contributed by atoms with E-state index in [9.17, 15) is 18.3 Å². The van der Waals surface area contributed by atoms with Crippen LogP contribution in [0, 0.1) is 0 Å². The number of phenolic OH excluding ortho intramolecular Hbond substituents is 1. The number of sulfonamides is 1. The third-order valence-electron chi connectivity index (χ3n) is 5.76. The predicted octanol–water partition coefficient (Wildman–Crippen LogP) is 6.32. The summed E-state index contributed by atoms with van der Waals surface area (Å²) < 4.78 is 29.6. The van der Waals surface area contributed by atoms with Gasteiger partial charge in [0.25, 0.3) is 15.9 Å². The molecule has 0 atom stereocenters. The normalized spacial score (nSPS) is 11.2. The minimum atomic E-state index is -4.10. The monoisotopic (exact) mass is 494 g/mol. The van der Waals surface area contributed by atoms with E-state index in [4.69, 9.17) is 0 Å². The smallest absolute Gasteiger partial charge is 0.266 e. The van der Waals surface area contributed by atoms with Gasteiger partial charge in [-0.05, 0) is 42.5 Å². The molecule has 36 heavy (non-hydrogen) atoms. The highest BCUT2D eigenvalue weighted by molar-refractivity contribution is 7.93. The molecular formula is C29H22N2O4S. The van der Waals surface area contributed by atoms with Crippen molar-refractivity contribution in [1.82, 2.24) is 0 Å². The van der Waals surface area contributed by atoms with Gasteiger partial charge in [0.05, 0.1) is 10.5 Å². The van der Waals surface area contributed by atoms with Gasteiger partial charge in [-0.25, -0.2) is 8.42 Å². The molecule has 0 spiro atoms. The molecule has 0 saturated heterocycles. The lowest BCUT2D eigenvalue weighted by Crippen LogP contribution is -2.26. The molecule has 0 unspecified atom stereocenters. The first kappa shape index (κ1) is 23.1. The number of nitrogens with one attached hydrogen (secondary N) is 1. The fraction of sp³-hybridized carbons (Fsp3) is 0. The fourth-order valence-electron chi connectivity index (χ4n) is 4.09. The van der Waals surface area contributed by atoms with Crippen LogP contribution in [0.1, 0.15) is 10.4 Å². The van der Waals surface area contributed by atoms with Crippen LogP contribution in [-0.4, -0.2) is 19.4 Å². The lowest BCUT2D eigenvalue weighted by atomic mass is 10.0. The van der Waals surface area contributed by atoms with Crippen molar-refractivity contribution in [2.45, 2.75) is 4.90 Å². The molecule has 0 radical (unpaired) electrons. The van der Waals surface area contributed by atoms with E-state index in [1.54, 1.807) is 103 Å². The van der Waals surface area contributed by atoms with Gasteiger partial charge in [-0.2, -0.15) is 0 Å². The van der Waals surface area contributed by atoms with Crippen molar-refractivity contribution >= 4 is 43.8 Å². The van der Waals surface area contributed by atoms with Crippen molar-refractivity contribution in [3.05, 3.63) is 127 Å². The lowest BCUT2D eigenvalue weighted by molar-refractivity contribution is 0.0997. The van der Waals surface area contributed by atoms with E-state index in [0.29, 0.717) is 22.4 Å². The molecule has 0 aliphatic heterocycles. The third kappa shape index (κ3) is 4.39. The van der Waals surface area contributed by atoms with E-state index in [0.717, 1.165) is 0 Å². The second-order valence-electron chi connectivity index (χ2n) is 8.10. The Labute approximate surface area is 209 Å². The van der Waals surface area contributed by atoms with E-state index < -0.39 is 15.9 Å². The molecule has 5 aromatic rings. The number of aromatic hydroxyl groups is 1. The summed E-state index contributed by atoms with van der Waals surface area (Å²) in [5.41, 5.74) is 1.41. The molecule has 0 aliphatic rings. The quantitative estimate of drug-likeness (QED) is 0.289. The van der Waals surface area contributed by atoms with Crippen molar-refractivity contribution in [2.24, 2.45) is 0 Å². The fourth-order valence-corrected chi connectivity index (χ4v) is 5.38. The lowest BCUT2D eigenvalue weighted by Gasteiger charge is -2.24. The average Bonchev–Trinajstić information content (AvgIpc) is 2.90. The van der Waals surface area contributed by atoms with E-state index in [2.05, 4.69) is 4.72 Å².